The van der Waals surface area contributed by atoms with Gasteiger partial charge in [0.15, 0.2) is 0 Å². The summed E-state index contributed by atoms with van der Waals surface area (Å²) in [6, 6.07) is 0.703. The summed E-state index contributed by atoms with van der Waals surface area (Å²) in [6.07, 6.45) is 2.82. The molecule has 1 aromatic heterocycles. The van der Waals surface area contributed by atoms with E-state index in [2.05, 4.69) is 34.6 Å². The lowest BCUT2D eigenvalue weighted by atomic mass is 10.2. The first-order valence-corrected chi connectivity index (χ1v) is 6.86. The van der Waals surface area contributed by atoms with Crippen molar-refractivity contribution < 1.29 is 0 Å². The van der Waals surface area contributed by atoms with Crippen LogP contribution in [-0.4, -0.2) is 30.0 Å². The highest BCUT2D eigenvalue weighted by molar-refractivity contribution is 7.09. The molecule has 1 fully saturated rings. The molecule has 16 heavy (non-hydrogen) atoms. The normalized spacial score (nSPS) is 18.0. The van der Waals surface area contributed by atoms with Gasteiger partial charge < -0.3 is 5.32 Å². The molecule has 0 spiro atoms. The zero-order chi connectivity index (χ0) is 11.5. The van der Waals surface area contributed by atoms with Gasteiger partial charge in [-0.05, 0) is 39.8 Å². The Morgan fingerprint density at radius 1 is 1.62 bits per heavy atom. The van der Waals surface area contributed by atoms with E-state index in [0.717, 1.165) is 19.0 Å². The molecule has 2 rings (SSSR count). The topological polar surface area (TPSA) is 28.2 Å². The molecule has 1 aliphatic carbocycles. The lowest BCUT2D eigenvalue weighted by Gasteiger charge is -2.23. The molecule has 4 heteroatoms. The molecule has 1 atom stereocenters. The van der Waals surface area contributed by atoms with Gasteiger partial charge >= 0.3 is 0 Å². The average Bonchev–Trinajstić information content (AvgIpc) is 3.02. The Labute approximate surface area is 102 Å². The Balaban J connectivity index is 1.86. The Morgan fingerprint density at radius 2 is 2.38 bits per heavy atom. The number of hydrogen-bond donors (Lipinski definition) is 1. The van der Waals surface area contributed by atoms with Gasteiger partial charge in [-0.15, -0.1) is 11.3 Å². The first kappa shape index (κ1) is 12.0. The third-order valence-corrected chi connectivity index (χ3v) is 4.24. The van der Waals surface area contributed by atoms with E-state index in [9.17, 15) is 0 Å². The average molecular weight is 239 g/mol. The Morgan fingerprint density at radius 3 is 3.00 bits per heavy atom. The lowest BCUT2D eigenvalue weighted by Crippen LogP contribution is -2.30. The van der Waals surface area contributed by atoms with Gasteiger partial charge in [0, 0.05) is 24.5 Å². The highest BCUT2D eigenvalue weighted by Gasteiger charge is 2.30. The van der Waals surface area contributed by atoms with Crippen molar-refractivity contribution in [2.75, 3.05) is 14.1 Å². The second-order valence-electron chi connectivity index (χ2n) is 4.76. The van der Waals surface area contributed by atoms with Crippen molar-refractivity contribution >= 4 is 11.3 Å². The minimum atomic E-state index is 0.703. The summed E-state index contributed by atoms with van der Waals surface area (Å²) in [5.74, 6) is 0.931. The van der Waals surface area contributed by atoms with Gasteiger partial charge in [-0.1, -0.05) is 0 Å². The van der Waals surface area contributed by atoms with Crippen LogP contribution in [0.15, 0.2) is 5.38 Å². The number of rotatable bonds is 6. The molecule has 1 heterocycles. The van der Waals surface area contributed by atoms with E-state index in [1.807, 2.05) is 7.05 Å². The summed E-state index contributed by atoms with van der Waals surface area (Å²) in [7, 11) is 4.17. The van der Waals surface area contributed by atoms with Gasteiger partial charge in [0.2, 0.25) is 0 Å². The molecular formula is C12H21N3S. The van der Waals surface area contributed by atoms with Gasteiger partial charge in [0.1, 0.15) is 5.01 Å². The fraction of sp³-hybridized carbons (Fsp3) is 0.750. The van der Waals surface area contributed by atoms with Crippen LogP contribution in [0, 0.1) is 5.92 Å². The second-order valence-corrected chi connectivity index (χ2v) is 5.70. The SMILES string of the molecule is CNCc1nc(CN(C)C(C)C2CC2)cs1. The van der Waals surface area contributed by atoms with E-state index in [4.69, 9.17) is 0 Å². The molecule has 1 aliphatic rings. The lowest BCUT2D eigenvalue weighted by molar-refractivity contribution is 0.224. The summed E-state index contributed by atoms with van der Waals surface area (Å²) in [5, 5.41) is 6.50. The summed E-state index contributed by atoms with van der Waals surface area (Å²) in [4.78, 5) is 7.04. The summed E-state index contributed by atoms with van der Waals surface area (Å²) >= 11 is 1.75. The number of thiazole rings is 1. The van der Waals surface area contributed by atoms with Crippen molar-refractivity contribution in [3.63, 3.8) is 0 Å². The van der Waals surface area contributed by atoms with E-state index < -0.39 is 0 Å². The maximum Gasteiger partial charge on any atom is 0.107 e. The molecule has 0 aromatic carbocycles. The molecule has 0 saturated heterocycles. The third kappa shape index (κ3) is 3.03. The summed E-state index contributed by atoms with van der Waals surface area (Å²) in [6.45, 7) is 4.20. The van der Waals surface area contributed by atoms with Crippen LogP contribution in [-0.2, 0) is 13.1 Å². The highest BCUT2D eigenvalue weighted by atomic mass is 32.1. The predicted octanol–water partition coefficient (Wildman–Crippen LogP) is 2.09. The van der Waals surface area contributed by atoms with Gasteiger partial charge in [-0.2, -0.15) is 0 Å². The summed E-state index contributed by atoms with van der Waals surface area (Å²) in [5.41, 5.74) is 1.21. The van der Waals surface area contributed by atoms with Crippen molar-refractivity contribution in [3.05, 3.63) is 16.1 Å². The van der Waals surface area contributed by atoms with Gasteiger partial charge in [-0.25, -0.2) is 4.98 Å². The minimum Gasteiger partial charge on any atom is -0.314 e. The quantitative estimate of drug-likeness (QED) is 0.824. The molecule has 0 amide bonds. The van der Waals surface area contributed by atoms with Crippen LogP contribution in [0.4, 0.5) is 0 Å². The zero-order valence-electron chi connectivity index (χ0n) is 10.4. The molecule has 90 valence electrons. The predicted molar refractivity (Wildman–Crippen MR) is 68.5 cm³/mol. The third-order valence-electron chi connectivity index (χ3n) is 3.34. The van der Waals surface area contributed by atoms with Crippen LogP contribution in [0.1, 0.15) is 30.5 Å². The Hall–Kier alpha value is -0.450. The molecule has 1 unspecified atom stereocenters. The van der Waals surface area contributed by atoms with E-state index in [-0.39, 0.29) is 0 Å². The minimum absolute atomic E-state index is 0.703. The van der Waals surface area contributed by atoms with E-state index in [1.54, 1.807) is 11.3 Å². The van der Waals surface area contributed by atoms with Gasteiger partial charge in [-0.3, -0.25) is 4.90 Å². The monoisotopic (exact) mass is 239 g/mol. The van der Waals surface area contributed by atoms with Crippen molar-refractivity contribution in [1.82, 2.24) is 15.2 Å². The van der Waals surface area contributed by atoms with E-state index in [1.165, 1.54) is 23.5 Å². The number of nitrogens with one attached hydrogen (secondary N) is 1. The van der Waals surface area contributed by atoms with Gasteiger partial charge in [0.25, 0.3) is 0 Å². The number of aromatic nitrogens is 1. The molecule has 0 bridgehead atoms. The molecule has 1 saturated carbocycles. The highest BCUT2D eigenvalue weighted by Crippen LogP contribution is 2.35. The van der Waals surface area contributed by atoms with Crippen LogP contribution in [0.2, 0.25) is 0 Å². The smallest absolute Gasteiger partial charge is 0.107 e. The Bertz CT molecular complexity index is 333. The first-order chi connectivity index (χ1) is 7.70. The van der Waals surface area contributed by atoms with Gasteiger partial charge in [0.05, 0.1) is 5.69 Å². The van der Waals surface area contributed by atoms with Crippen LogP contribution < -0.4 is 5.32 Å². The summed E-state index contributed by atoms with van der Waals surface area (Å²) < 4.78 is 0. The molecule has 0 radical (unpaired) electrons. The fourth-order valence-electron chi connectivity index (χ4n) is 1.99. The second kappa shape index (κ2) is 5.25. The molecular weight excluding hydrogens is 218 g/mol. The fourth-order valence-corrected chi connectivity index (χ4v) is 2.79. The molecule has 1 aromatic rings. The van der Waals surface area contributed by atoms with E-state index in [0.29, 0.717) is 6.04 Å². The van der Waals surface area contributed by atoms with Crippen LogP contribution >= 0.6 is 11.3 Å². The zero-order valence-corrected chi connectivity index (χ0v) is 11.2. The molecule has 0 aliphatic heterocycles. The van der Waals surface area contributed by atoms with Crippen molar-refractivity contribution in [3.8, 4) is 0 Å². The molecule has 3 nitrogen and oxygen atoms in total. The van der Waals surface area contributed by atoms with Crippen LogP contribution in [0.25, 0.3) is 0 Å². The number of nitrogens with zero attached hydrogens (tertiary/aromatic N) is 2. The maximum atomic E-state index is 4.62. The Kier molecular flexibility index (Phi) is 3.95. The van der Waals surface area contributed by atoms with Crippen molar-refractivity contribution in [2.45, 2.75) is 38.9 Å². The van der Waals surface area contributed by atoms with Crippen LogP contribution in [0.5, 0.6) is 0 Å². The molecule has 1 N–H and O–H groups in total. The number of hydrogen-bond acceptors (Lipinski definition) is 4. The van der Waals surface area contributed by atoms with E-state index >= 15 is 0 Å². The van der Waals surface area contributed by atoms with Crippen LogP contribution in [0.3, 0.4) is 0 Å². The standard InChI is InChI=1S/C12H21N3S/c1-9(10-4-5-10)15(3)7-11-8-16-12(14-11)6-13-2/h8-10,13H,4-7H2,1-3H3. The maximum absolute atomic E-state index is 4.62. The largest absolute Gasteiger partial charge is 0.314 e. The first-order valence-electron chi connectivity index (χ1n) is 5.99. The van der Waals surface area contributed by atoms with Crippen molar-refractivity contribution in [2.24, 2.45) is 5.92 Å². The van der Waals surface area contributed by atoms with Crippen molar-refractivity contribution in [1.29, 1.82) is 0 Å².